The van der Waals surface area contributed by atoms with Gasteiger partial charge in [0.15, 0.2) is 0 Å². The zero-order valence-corrected chi connectivity index (χ0v) is 10.3. The minimum atomic E-state index is 0.192. The van der Waals surface area contributed by atoms with E-state index in [0.717, 1.165) is 31.3 Å². The summed E-state index contributed by atoms with van der Waals surface area (Å²) in [7, 11) is 0. The van der Waals surface area contributed by atoms with Crippen molar-refractivity contribution in [1.29, 1.82) is 0 Å². The highest BCUT2D eigenvalue weighted by molar-refractivity contribution is 5.48. The lowest BCUT2D eigenvalue weighted by atomic mass is 10.2. The molecule has 0 spiro atoms. The third kappa shape index (κ3) is 3.30. The van der Waals surface area contributed by atoms with Crippen LogP contribution in [0.4, 0.5) is 11.6 Å². The molecule has 1 aromatic rings. The van der Waals surface area contributed by atoms with Crippen LogP contribution in [0.1, 0.15) is 19.8 Å². The molecule has 2 heterocycles. The summed E-state index contributed by atoms with van der Waals surface area (Å²) in [5, 5.41) is 12.2. The maximum Gasteiger partial charge on any atom is 0.134 e. The summed E-state index contributed by atoms with van der Waals surface area (Å²) in [5.74, 6) is 2.07. The van der Waals surface area contributed by atoms with Crippen LogP contribution < -0.4 is 10.2 Å². The van der Waals surface area contributed by atoms with Crippen LogP contribution in [0.15, 0.2) is 12.4 Å². The molecule has 1 fully saturated rings. The molecule has 2 N–H and O–H groups in total. The van der Waals surface area contributed by atoms with Gasteiger partial charge in [0, 0.05) is 32.3 Å². The van der Waals surface area contributed by atoms with E-state index in [1.54, 1.807) is 6.33 Å². The normalized spacial score (nSPS) is 17.2. The highest BCUT2D eigenvalue weighted by atomic mass is 16.3. The molecule has 5 nitrogen and oxygen atoms in total. The molecule has 0 saturated carbocycles. The second-order valence-electron chi connectivity index (χ2n) is 4.62. The lowest BCUT2D eigenvalue weighted by molar-refractivity contribution is 0.244. The Kier molecular flexibility index (Phi) is 4.14. The first-order chi connectivity index (χ1) is 8.29. The fourth-order valence-electron chi connectivity index (χ4n) is 1.91. The predicted octanol–water partition coefficient (Wildman–Crippen LogP) is 1.12. The Hall–Kier alpha value is -1.36. The highest BCUT2D eigenvalue weighted by Gasteiger charge is 2.13. The van der Waals surface area contributed by atoms with Crippen molar-refractivity contribution in [3.05, 3.63) is 12.4 Å². The molecule has 0 radical (unpaired) electrons. The Labute approximate surface area is 102 Å². The second-order valence-corrected chi connectivity index (χ2v) is 4.62. The van der Waals surface area contributed by atoms with E-state index < -0.39 is 0 Å². The first kappa shape index (κ1) is 12.1. The second kappa shape index (κ2) is 5.82. The molecule has 0 amide bonds. The number of rotatable bonds is 5. The van der Waals surface area contributed by atoms with Gasteiger partial charge < -0.3 is 15.3 Å². The summed E-state index contributed by atoms with van der Waals surface area (Å²) < 4.78 is 0. The largest absolute Gasteiger partial charge is 0.396 e. The molecule has 94 valence electrons. The van der Waals surface area contributed by atoms with Crippen LogP contribution in [0.2, 0.25) is 0 Å². The lowest BCUT2D eigenvalue weighted by Gasteiger charge is -2.17. The van der Waals surface area contributed by atoms with Crippen molar-refractivity contribution >= 4 is 11.6 Å². The number of hydrogen-bond donors (Lipinski definition) is 2. The Morgan fingerprint density at radius 1 is 1.41 bits per heavy atom. The van der Waals surface area contributed by atoms with Gasteiger partial charge in [-0.25, -0.2) is 9.97 Å². The minimum Gasteiger partial charge on any atom is -0.396 e. The number of anilines is 2. The molecule has 0 aromatic carbocycles. The number of aliphatic hydroxyl groups excluding tert-OH is 1. The Bertz CT molecular complexity index is 352. The number of aromatic nitrogens is 2. The fourth-order valence-corrected chi connectivity index (χ4v) is 1.91. The molecule has 1 unspecified atom stereocenters. The SMILES string of the molecule is CC(CO)CNc1cc(N2CCCC2)ncn1. The summed E-state index contributed by atoms with van der Waals surface area (Å²) in [6.45, 7) is 5.09. The van der Waals surface area contributed by atoms with Gasteiger partial charge in [0.2, 0.25) is 0 Å². The smallest absolute Gasteiger partial charge is 0.134 e. The van der Waals surface area contributed by atoms with Crippen LogP contribution in [0, 0.1) is 5.92 Å². The van der Waals surface area contributed by atoms with Gasteiger partial charge in [-0.3, -0.25) is 0 Å². The molecule has 2 rings (SSSR count). The van der Waals surface area contributed by atoms with Gasteiger partial charge in [0.05, 0.1) is 0 Å². The molecule has 1 aliphatic heterocycles. The molecule has 1 aliphatic rings. The third-order valence-corrected chi connectivity index (χ3v) is 3.03. The molecule has 0 aliphatic carbocycles. The van der Waals surface area contributed by atoms with Crippen molar-refractivity contribution in [2.75, 3.05) is 36.5 Å². The first-order valence-corrected chi connectivity index (χ1v) is 6.21. The van der Waals surface area contributed by atoms with Crippen LogP contribution >= 0.6 is 0 Å². The van der Waals surface area contributed by atoms with Crippen LogP contribution in [0.3, 0.4) is 0 Å². The van der Waals surface area contributed by atoms with Gasteiger partial charge in [-0.2, -0.15) is 0 Å². The topological polar surface area (TPSA) is 61.3 Å². The van der Waals surface area contributed by atoms with Crippen molar-refractivity contribution in [2.24, 2.45) is 5.92 Å². The van der Waals surface area contributed by atoms with Gasteiger partial charge in [-0.15, -0.1) is 0 Å². The van der Waals surface area contributed by atoms with Crippen molar-refractivity contribution in [1.82, 2.24) is 9.97 Å². The average Bonchev–Trinajstić information content (AvgIpc) is 2.90. The van der Waals surface area contributed by atoms with Crippen molar-refractivity contribution in [3.8, 4) is 0 Å². The van der Waals surface area contributed by atoms with Crippen molar-refractivity contribution in [2.45, 2.75) is 19.8 Å². The predicted molar refractivity (Wildman–Crippen MR) is 68.2 cm³/mol. The Morgan fingerprint density at radius 2 is 2.18 bits per heavy atom. The standard InChI is InChI=1S/C12H20N4O/c1-10(8-17)7-13-11-6-12(15-9-14-11)16-4-2-3-5-16/h6,9-10,17H,2-5,7-8H2,1H3,(H,13,14,15). The van der Waals surface area contributed by atoms with Gasteiger partial charge in [0.1, 0.15) is 18.0 Å². The number of nitrogens with zero attached hydrogens (tertiary/aromatic N) is 3. The van der Waals surface area contributed by atoms with E-state index in [9.17, 15) is 0 Å². The number of aliphatic hydroxyl groups is 1. The van der Waals surface area contributed by atoms with Crippen LogP contribution in [-0.2, 0) is 0 Å². The summed E-state index contributed by atoms with van der Waals surface area (Å²) in [6.07, 6.45) is 4.09. The zero-order chi connectivity index (χ0) is 12.1. The monoisotopic (exact) mass is 236 g/mol. The van der Waals surface area contributed by atoms with Crippen LogP contribution in [0.25, 0.3) is 0 Å². The van der Waals surface area contributed by atoms with Gasteiger partial charge in [-0.05, 0) is 18.8 Å². The molecule has 1 aromatic heterocycles. The summed E-state index contributed by atoms with van der Waals surface area (Å²) in [4.78, 5) is 10.8. The van der Waals surface area contributed by atoms with Crippen LogP contribution in [-0.4, -0.2) is 41.3 Å². The highest BCUT2D eigenvalue weighted by Crippen LogP contribution is 2.19. The van der Waals surface area contributed by atoms with Crippen LogP contribution in [0.5, 0.6) is 0 Å². The summed E-state index contributed by atoms with van der Waals surface area (Å²) >= 11 is 0. The van der Waals surface area contributed by atoms with Gasteiger partial charge in [0.25, 0.3) is 0 Å². The molecule has 0 bridgehead atoms. The maximum absolute atomic E-state index is 8.96. The van der Waals surface area contributed by atoms with Crippen molar-refractivity contribution < 1.29 is 5.11 Å². The van der Waals surface area contributed by atoms with E-state index in [0.29, 0.717) is 0 Å². The molecule has 17 heavy (non-hydrogen) atoms. The van der Waals surface area contributed by atoms with E-state index >= 15 is 0 Å². The molecule has 5 heteroatoms. The van der Waals surface area contributed by atoms with Gasteiger partial charge in [-0.1, -0.05) is 6.92 Å². The molecular weight excluding hydrogens is 216 g/mol. The summed E-state index contributed by atoms with van der Waals surface area (Å²) in [5.41, 5.74) is 0. The Balaban J connectivity index is 1.96. The number of nitrogens with one attached hydrogen (secondary N) is 1. The van der Waals surface area contributed by atoms with Gasteiger partial charge >= 0.3 is 0 Å². The van der Waals surface area contributed by atoms with E-state index in [1.807, 2.05) is 13.0 Å². The molecule has 1 atom stereocenters. The first-order valence-electron chi connectivity index (χ1n) is 6.21. The summed E-state index contributed by atoms with van der Waals surface area (Å²) in [6, 6.07) is 1.98. The van der Waals surface area contributed by atoms with Crippen molar-refractivity contribution in [3.63, 3.8) is 0 Å². The zero-order valence-electron chi connectivity index (χ0n) is 10.3. The van der Waals surface area contributed by atoms with E-state index in [1.165, 1.54) is 12.8 Å². The quantitative estimate of drug-likeness (QED) is 0.802. The van der Waals surface area contributed by atoms with E-state index in [2.05, 4.69) is 20.2 Å². The minimum absolute atomic E-state index is 0.192. The fraction of sp³-hybridized carbons (Fsp3) is 0.667. The maximum atomic E-state index is 8.96. The lowest BCUT2D eigenvalue weighted by Crippen LogP contribution is -2.20. The molecule has 1 saturated heterocycles. The molecular formula is C12H20N4O. The number of hydrogen-bond acceptors (Lipinski definition) is 5. The van der Waals surface area contributed by atoms with E-state index in [-0.39, 0.29) is 12.5 Å². The third-order valence-electron chi connectivity index (χ3n) is 3.03. The Morgan fingerprint density at radius 3 is 2.88 bits per heavy atom. The van der Waals surface area contributed by atoms with E-state index in [4.69, 9.17) is 5.11 Å². The average molecular weight is 236 g/mol.